The zero-order chi connectivity index (χ0) is 22.7. The quantitative estimate of drug-likeness (QED) is 0.235. The molecule has 1 aliphatic rings. The zero-order valence-electron chi connectivity index (χ0n) is 17.4. The highest BCUT2D eigenvalue weighted by Crippen LogP contribution is 2.18. The van der Waals surface area contributed by atoms with Gasteiger partial charge in [-0.3, -0.25) is 10.9 Å². The number of hydrogen-bond acceptors (Lipinski definition) is 7. The van der Waals surface area contributed by atoms with Crippen LogP contribution in [-0.4, -0.2) is 73.8 Å². The minimum atomic E-state index is -3.66. The van der Waals surface area contributed by atoms with Crippen molar-refractivity contribution in [2.24, 2.45) is 10.2 Å². The maximum absolute atomic E-state index is 13.0. The summed E-state index contributed by atoms with van der Waals surface area (Å²) in [5.74, 6) is 0. The van der Waals surface area contributed by atoms with Gasteiger partial charge in [0.25, 0.3) is 0 Å². The summed E-state index contributed by atoms with van der Waals surface area (Å²) in [6.07, 6.45) is 0.775. The summed E-state index contributed by atoms with van der Waals surface area (Å²) < 4.78 is 33.2. The predicted octanol–water partition coefficient (Wildman–Crippen LogP) is 0.386. The van der Waals surface area contributed by atoms with Gasteiger partial charge in [0, 0.05) is 26.2 Å². The molecule has 0 amide bonds. The van der Waals surface area contributed by atoms with Crippen LogP contribution in [0.5, 0.6) is 0 Å². The molecule has 0 aromatic heterocycles. The van der Waals surface area contributed by atoms with E-state index in [1.165, 1.54) is 10.5 Å². The van der Waals surface area contributed by atoms with Crippen molar-refractivity contribution in [1.29, 1.82) is 0 Å². The number of rotatable bonds is 8. The third-order valence-electron chi connectivity index (χ3n) is 4.06. The molecule has 0 aliphatic carbocycles. The summed E-state index contributed by atoms with van der Waals surface area (Å²) in [5.41, 5.74) is 5.76. The van der Waals surface area contributed by atoms with Crippen molar-refractivity contribution < 1.29 is 13.2 Å². The fraction of sp³-hybridized carbons (Fsp3) is 0.444. The fourth-order valence-corrected chi connectivity index (χ4v) is 4.45. The number of nitrogens with one attached hydrogen (secondary N) is 4. The molecule has 0 spiro atoms. The van der Waals surface area contributed by atoms with Crippen LogP contribution in [0.2, 0.25) is 0 Å². The summed E-state index contributed by atoms with van der Waals surface area (Å²) in [6, 6.07) is 8.28. The zero-order valence-corrected chi connectivity index (χ0v) is 19.8. The maximum atomic E-state index is 13.0. The van der Waals surface area contributed by atoms with E-state index in [9.17, 15) is 8.42 Å². The summed E-state index contributed by atoms with van der Waals surface area (Å²) >= 11 is 10.2. The molecule has 1 aromatic carbocycles. The molecule has 1 unspecified atom stereocenters. The molecule has 2 rings (SSSR count). The highest BCUT2D eigenvalue weighted by Gasteiger charge is 2.32. The monoisotopic (exact) mass is 485 g/mol. The van der Waals surface area contributed by atoms with Gasteiger partial charge in [-0.1, -0.05) is 18.2 Å². The Hall–Kier alpha value is -2.19. The molecule has 1 aliphatic heterocycles. The lowest BCUT2D eigenvalue weighted by atomic mass is 10.2. The Balaban J connectivity index is 2.19. The normalized spacial score (nSPS) is 17.9. The van der Waals surface area contributed by atoms with Crippen molar-refractivity contribution in [3.63, 3.8) is 0 Å². The van der Waals surface area contributed by atoms with Gasteiger partial charge in [0.15, 0.2) is 10.2 Å². The number of thiocarbonyl (C=S) groups is 2. The first-order chi connectivity index (χ1) is 14.9. The Morgan fingerprint density at radius 3 is 2.45 bits per heavy atom. The molecule has 4 N–H and O–H groups in total. The average Bonchev–Trinajstić information content (AvgIpc) is 2.77. The van der Waals surface area contributed by atoms with Crippen molar-refractivity contribution in [3.8, 4) is 0 Å². The average molecular weight is 486 g/mol. The molecule has 13 heteroatoms. The molecule has 10 nitrogen and oxygen atoms in total. The van der Waals surface area contributed by atoms with Crippen molar-refractivity contribution in [2.45, 2.75) is 24.8 Å². The predicted molar refractivity (Wildman–Crippen MR) is 130 cm³/mol. The van der Waals surface area contributed by atoms with Crippen LogP contribution in [-0.2, 0) is 14.8 Å². The van der Waals surface area contributed by atoms with Crippen LogP contribution in [0.4, 0.5) is 0 Å². The molecule has 1 saturated heterocycles. The van der Waals surface area contributed by atoms with Gasteiger partial charge >= 0.3 is 0 Å². The number of ether oxygens (including phenoxy) is 1. The first kappa shape index (κ1) is 25.1. The standard InChI is InChI=1S/C18H27N7O3S3/c1-3-19-17(29)23-21-12-15(22-24-18(30)20-4-2)16-13-25(10-11-28-16)31(26,27)14-8-6-5-7-9-14/h5-9,12,16H,3-4,10-11,13H2,1-2H3,(H2,19,23,29)(H2,20,24,30)/b21-12-,22-15-. The van der Waals surface area contributed by atoms with Gasteiger partial charge in [0.2, 0.25) is 10.0 Å². The van der Waals surface area contributed by atoms with Gasteiger partial charge in [-0.15, -0.1) is 0 Å². The molecule has 1 heterocycles. The molecule has 0 saturated carbocycles. The highest BCUT2D eigenvalue weighted by molar-refractivity contribution is 7.89. The highest BCUT2D eigenvalue weighted by atomic mass is 32.2. The van der Waals surface area contributed by atoms with E-state index in [2.05, 4.69) is 31.7 Å². The maximum Gasteiger partial charge on any atom is 0.243 e. The number of hydrogen-bond donors (Lipinski definition) is 4. The number of benzene rings is 1. The largest absolute Gasteiger partial charge is 0.369 e. The second kappa shape index (κ2) is 12.6. The summed E-state index contributed by atoms with van der Waals surface area (Å²) in [5, 5.41) is 14.9. The first-order valence-corrected chi connectivity index (χ1v) is 12.0. The molecule has 1 aromatic rings. The van der Waals surface area contributed by atoms with Gasteiger partial charge < -0.3 is 15.4 Å². The lowest BCUT2D eigenvalue weighted by Crippen LogP contribution is -2.49. The van der Waals surface area contributed by atoms with E-state index in [4.69, 9.17) is 29.2 Å². The van der Waals surface area contributed by atoms with E-state index in [0.717, 1.165) is 0 Å². The number of hydrazone groups is 2. The van der Waals surface area contributed by atoms with Crippen LogP contribution >= 0.6 is 24.4 Å². The molecule has 170 valence electrons. The van der Waals surface area contributed by atoms with Crippen LogP contribution < -0.4 is 21.5 Å². The summed E-state index contributed by atoms with van der Waals surface area (Å²) in [6.45, 7) is 5.63. The lowest BCUT2D eigenvalue weighted by molar-refractivity contribution is 0.0389. The summed E-state index contributed by atoms with van der Waals surface area (Å²) in [4.78, 5) is 0.229. The van der Waals surface area contributed by atoms with Crippen molar-refractivity contribution in [1.82, 2.24) is 25.8 Å². The Morgan fingerprint density at radius 1 is 1.16 bits per heavy atom. The van der Waals surface area contributed by atoms with Crippen LogP contribution in [0.25, 0.3) is 0 Å². The number of morpholine rings is 1. The van der Waals surface area contributed by atoms with Crippen molar-refractivity contribution in [2.75, 3.05) is 32.8 Å². The van der Waals surface area contributed by atoms with Crippen molar-refractivity contribution >= 4 is 56.6 Å². The van der Waals surface area contributed by atoms with E-state index in [1.54, 1.807) is 30.3 Å². The number of nitrogens with zero attached hydrogens (tertiary/aromatic N) is 3. The van der Waals surface area contributed by atoms with Crippen LogP contribution in [0.1, 0.15) is 13.8 Å². The Labute approximate surface area is 193 Å². The summed E-state index contributed by atoms with van der Waals surface area (Å²) in [7, 11) is -3.66. The van der Waals surface area contributed by atoms with E-state index in [0.29, 0.717) is 29.0 Å². The Morgan fingerprint density at radius 2 is 1.81 bits per heavy atom. The molecule has 1 fully saturated rings. The van der Waals surface area contributed by atoms with Gasteiger partial charge in [-0.25, -0.2) is 8.42 Å². The van der Waals surface area contributed by atoms with Crippen LogP contribution in [0.3, 0.4) is 0 Å². The minimum absolute atomic E-state index is 0.0788. The second-order valence-electron chi connectivity index (χ2n) is 6.27. The minimum Gasteiger partial charge on any atom is -0.369 e. The third kappa shape index (κ3) is 7.78. The van der Waals surface area contributed by atoms with Gasteiger partial charge in [-0.2, -0.15) is 14.5 Å². The lowest BCUT2D eigenvalue weighted by Gasteiger charge is -2.32. The van der Waals surface area contributed by atoms with Crippen molar-refractivity contribution in [3.05, 3.63) is 30.3 Å². The Bertz CT molecular complexity index is 907. The first-order valence-electron chi connectivity index (χ1n) is 9.73. The molecule has 0 radical (unpaired) electrons. The fourth-order valence-electron chi connectivity index (χ4n) is 2.62. The van der Waals surface area contributed by atoms with Crippen LogP contribution in [0, 0.1) is 0 Å². The van der Waals surface area contributed by atoms with E-state index < -0.39 is 16.1 Å². The van der Waals surface area contributed by atoms with Crippen LogP contribution in [0.15, 0.2) is 45.4 Å². The second-order valence-corrected chi connectivity index (χ2v) is 9.03. The van der Waals surface area contributed by atoms with E-state index in [-0.39, 0.29) is 24.6 Å². The van der Waals surface area contributed by atoms with Gasteiger partial charge in [0.05, 0.1) is 17.7 Å². The Kier molecular flexibility index (Phi) is 10.2. The molecule has 1 atom stereocenters. The molecule has 0 bridgehead atoms. The smallest absolute Gasteiger partial charge is 0.243 e. The molecule has 31 heavy (non-hydrogen) atoms. The third-order valence-corrected chi connectivity index (χ3v) is 6.41. The van der Waals surface area contributed by atoms with E-state index >= 15 is 0 Å². The molecular formula is C18H27N7O3S3. The van der Waals surface area contributed by atoms with E-state index in [1.807, 2.05) is 13.8 Å². The molecular weight excluding hydrogens is 458 g/mol. The SMILES string of the molecule is CCNC(=S)N/N=C\C(=N\NC(=S)NCC)C1CN(S(=O)(=O)c2ccccc2)CCO1. The topological polar surface area (TPSA) is 119 Å². The van der Waals surface area contributed by atoms with Gasteiger partial charge in [0.1, 0.15) is 11.8 Å². The van der Waals surface area contributed by atoms with Gasteiger partial charge in [-0.05, 0) is 50.4 Å². The number of sulfonamides is 1.